The van der Waals surface area contributed by atoms with Crippen molar-refractivity contribution >= 4 is 5.97 Å². The molecule has 0 saturated carbocycles. The first-order chi connectivity index (χ1) is 7.93. The fraction of sp³-hybridized carbons (Fsp3) is 0.533. The Labute approximate surface area is 104 Å². The van der Waals surface area contributed by atoms with Crippen LogP contribution in [-0.2, 0) is 21.4 Å². The molecule has 0 heterocycles. The molecule has 0 radical (unpaired) electrons. The Kier molecular flexibility index (Phi) is 4.73. The zero-order valence-electron chi connectivity index (χ0n) is 11.2. The van der Waals surface area contributed by atoms with Crippen LogP contribution < -0.4 is 0 Å². The lowest BCUT2D eigenvalue weighted by atomic mass is 9.86. The second-order valence-electron chi connectivity index (χ2n) is 5.26. The van der Waals surface area contributed by atoms with Crippen LogP contribution in [0.5, 0.6) is 0 Å². The van der Waals surface area contributed by atoms with Crippen molar-refractivity contribution < 1.29 is 9.53 Å². The number of rotatable bonds is 4. The van der Waals surface area contributed by atoms with Crippen LogP contribution in [0, 0.1) is 0 Å². The maximum atomic E-state index is 11.3. The highest BCUT2D eigenvalue weighted by atomic mass is 16.5. The van der Waals surface area contributed by atoms with Gasteiger partial charge < -0.3 is 4.74 Å². The van der Waals surface area contributed by atoms with E-state index >= 15 is 0 Å². The Bertz CT molecular complexity index is 375. The number of carbonyl (C=O) groups excluding carboxylic acids is 1. The Morgan fingerprint density at radius 1 is 1.29 bits per heavy atom. The second kappa shape index (κ2) is 5.85. The SMILES string of the molecule is CCOC(=O)CCc1cccc(C(C)(C)C)c1. The van der Waals surface area contributed by atoms with Gasteiger partial charge in [0.1, 0.15) is 0 Å². The molecule has 94 valence electrons. The van der Waals surface area contributed by atoms with Gasteiger partial charge in [-0.1, -0.05) is 45.0 Å². The number of benzene rings is 1. The summed E-state index contributed by atoms with van der Waals surface area (Å²) in [6.07, 6.45) is 1.21. The molecule has 0 amide bonds. The third kappa shape index (κ3) is 4.59. The molecule has 0 spiro atoms. The van der Waals surface area contributed by atoms with Crippen molar-refractivity contribution in [3.05, 3.63) is 35.4 Å². The molecule has 0 unspecified atom stereocenters. The standard InChI is InChI=1S/C15H22O2/c1-5-17-14(16)10-9-12-7-6-8-13(11-12)15(2,3)4/h6-8,11H,5,9-10H2,1-4H3. The lowest BCUT2D eigenvalue weighted by Crippen LogP contribution is -2.11. The van der Waals surface area contributed by atoms with Gasteiger partial charge in [-0.15, -0.1) is 0 Å². The monoisotopic (exact) mass is 234 g/mol. The summed E-state index contributed by atoms with van der Waals surface area (Å²) in [4.78, 5) is 11.3. The summed E-state index contributed by atoms with van der Waals surface area (Å²) in [7, 11) is 0. The van der Waals surface area contributed by atoms with E-state index in [1.807, 2.05) is 6.92 Å². The molecule has 0 atom stereocenters. The van der Waals surface area contributed by atoms with Gasteiger partial charge in [-0.05, 0) is 29.9 Å². The molecule has 2 heteroatoms. The third-order valence-electron chi connectivity index (χ3n) is 2.72. The van der Waals surface area contributed by atoms with Crippen molar-refractivity contribution in [3.8, 4) is 0 Å². The Morgan fingerprint density at radius 3 is 2.59 bits per heavy atom. The van der Waals surface area contributed by atoms with Crippen LogP contribution in [0.1, 0.15) is 45.2 Å². The summed E-state index contributed by atoms with van der Waals surface area (Å²) >= 11 is 0. The lowest BCUT2D eigenvalue weighted by Gasteiger charge is -2.19. The molecule has 0 aliphatic carbocycles. The number of esters is 1. The summed E-state index contributed by atoms with van der Waals surface area (Å²) in [5.41, 5.74) is 2.66. The van der Waals surface area contributed by atoms with E-state index in [1.165, 1.54) is 11.1 Å². The minimum absolute atomic E-state index is 0.117. The van der Waals surface area contributed by atoms with Crippen LogP contribution >= 0.6 is 0 Å². The molecule has 0 N–H and O–H groups in total. The minimum Gasteiger partial charge on any atom is -0.466 e. The molecular formula is C15H22O2. The second-order valence-corrected chi connectivity index (χ2v) is 5.26. The summed E-state index contributed by atoms with van der Waals surface area (Å²) < 4.78 is 4.92. The van der Waals surface area contributed by atoms with Gasteiger partial charge in [0.25, 0.3) is 0 Å². The van der Waals surface area contributed by atoms with Crippen LogP contribution in [0.15, 0.2) is 24.3 Å². The fourth-order valence-corrected chi connectivity index (χ4v) is 1.67. The highest BCUT2D eigenvalue weighted by Crippen LogP contribution is 2.23. The van der Waals surface area contributed by atoms with Gasteiger partial charge >= 0.3 is 5.97 Å². The minimum atomic E-state index is -0.117. The van der Waals surface area contributed by atoms with E-state index in [0.717, 1.165) is 6.42 Å². The number of aryl methyl sites for hydroxylation is 1. The normalized spacial score (nSPS) is 11.3. The molecule has 2 nitrogen and oxygen atoms in total. The molecule has 1 aromatic rings. The van der Waals surface area contributed by atoms with Crippen molar-refractivity contribution in [1.29, 1.82) is 0 Å². The zero-order chi connectivity index (χ0) is 12.9. The van der Waals surface area contributed by atoms with Gasteiger partial charge in [0.05, 0.1) is 6.61 Å². The van der Waals surface area contributed by atoms with Crippen LogP contribution in [0.2, 0.25) is 0 Å². The number of ether oxygens (including phenoxy) is 1. The maximum absolute atomic E-state index is 11.3. The summed E-state index contributed by atoms with van der Waals surface area (Å²) in [6, 6.07) is 8.43. The van der Waals surface area contributed by atoms with Crippen LogP contribution in [0.4, 0.5) is 0 Å². The fourth-order valence-electron chi connectivity index (χ4n) is 1.67. The smallest absolute Gasteiger partial charge is 0.306 e. The predicted octanol–water partition coefficient (Wildman–Crippen LogP) is 3.48. The van der Waals surface area contributed by atoms with E-state index in [0.29, 0.717) is 13.0 Å². The molecule has 0 aliphatic rings. The summed E-state index contributed by atoms with van der Waals surface area (Å²) in [6.45, 7) is 8.87. The molecule has 0 aromatic heterocycles. The van der Waals surface area contributed by atoms with E-state index in [2.05, 4.69) is 45.0 Å². The molecule has 0 bridgehead atoms. The lowest BCUT2D eigenvalue weighted by molar-refractivity contribution is -0.143. The number of carbonyl (C=O) groups is 1. The molecule has 17 heavy (non-hydrogen) atoms. The number of hydrogen-bond donors (Lipinski definition) is 0. The van der Waals surface area contributed by atoms with Gasteiger partial charge in [0, 0.05) is 6.42 Å². The van der Waals surface area contributed by atoms with E-state index in [-0.39, 0.29) is 11.4 Å². The molecule has 1 rings (SSSR count). The van der Waals surface area contributed by atoms with Crippen molar-refractivity contribution in [2.24, 2.45) is 0 Å². The third-order valence-corrected chi connectivity index (χ3v) is 2.72. The topological polar surface area (TPSA) is 26.3 Å². The zero-order valence-corrected chi connectivity index (χ0v) is 11.2. The first-order valence-corrected chi connectivity index (χ1v) is 6.18. The van der Waals surface area contributed by atoms with E-state index in [9.17, 15) is 4.79 Å². The molecule has 0 aliphatic heterocycles. The predicted molar refractivity (Wildman–Crippen MR) is 70.1 cm³/mol. The van der Waals surface area contributed by atoms with Crippen LogP contribution in [0.3, 0.4) is 0 Å². The van der Waals surface area contributed by atoms with Gasteiger partial charge in [-0.25, -0.2) is 0 Å². The molecular weight excluding hydrogens is 212 g/mol. The van der Waals surface area contributed by atoms with E-state index in [1.54, 1.807) is 0 Å². The highest BCUT2D eigenvalue weighted by molar-refractivity contribution is 5.69. The first-order valence-electron chi connectivity index (χ1n) is 6.18. The quantitative estimate of drug-likeness (QED) is 0.745. The molecule has 1 aromatic carbocycles. The maximum Gasteiger partial charge on any atom is 0.306 e. The van der Waals surface area contributed by atoms with Gasteiger partial charge in [-0.2, -0.15) is 0 Å². The van der Waals surface area contributed by atoms with Crippen molar-refractivity contribution in [2.75, 3.05) is 6.61 Å². The van der Waals surface area contributed by atoms with E-state index < -0.39 is 0 Å². The van der Waals surface area contributed by atoms with Crippen molar-refractivity contribution in [2.45, 2.75) is 46.0 Å². The van der Waals surface area contributed by atoms with Crippen molar-refractivity contribution in [1.82, 2.24) is 0 Å². The average Bonchev–Trinajstić information content (AvgIpc) is 2.26. The van der Waals surface area contributed by atoms with Gasteiger partial charge in [0.2, 0.25) is 0 Å². The van der Waals surface area contributed by atoms with Gasteiger partial charge in [0.15, 0.2) is 0 Å². The highest BCUT2D eigenvalue weighted by Gasteiger charge is 2.13. The van der Waals surface area contributed by atoms with Crippen LogP contribution in [0.25, 0.3) is 0 Å². The summed E-state index contributed by atoms with van der Waals surface area (Å²) in [5.74, 6) is -0.117. The largest absolute Gasteiger partial charge is 0.466 e. The summed E-state index contributed by atoms with van der Waals surface area (Å²) in [5, 5.41) is 0. The molecule has 0 saturated heterocycles. The van der Waals surface area contributed by atoms with E-state index in [4.69, 9.17) is 4.74 Å². The number of hydrogen-bond acceptors (Lipinski definition) is 2. The Balaban J connectivity index is 2.64. The first kappa shape index (κ1) is 13.8. The Morgan fingerprint density at radius 2 is 2.00 bits per heavy atom. The Hall–Kier alpha value is -1.31. The average molecular weight is 234 g/mol. The van der Waals surface area contributed by atoms with Gasteiger partial charge in [-0.3, -0.25) is 4.79 Å². The van der Waals surface area contributed by atoms with Crippen molar-refractivity contribution in [3.63, 3.8) is 0 Å². The van der Waals surface area contributed by atoms with Crippen LogP contribution in [-0.4, -0.2) is 12.6 Å². The molecule has 0 fully saturated rings.